The molecule has 2 aliphatic rings. The normalized spacial score (nSPS) is 28.9. The predicted octanol–water partition coefficient (Wildman–Crippen LogP) is 2.06. The maximum atomic E-state index is 8.98. The molecule has 3 heterocycles. The Balaban J connectivity index is 1.82. The number of nitrogens with zero attached hydrogens (tertiary/aromatic N) is 3. The Bertz CT molecular complexity index is 481. The van der Waals surface area contributed by atoms with Crippen LogP contribution < -0.4 is 10.2 Å². The number of hydrogen-bond acceptors (Lipinski definition) is 4. The van der Waals surface area contributed by atoms with Gasteiger partial charge in [0.1, 0.15) is 11.8 Å². The van der Waals surface area contributed by atoms with E-state index in [-0.39, 0.29) is 0 Å². The van der Waals surface area contributed by atoms with E-state index >= 15 is 0 Å². The first-order valence-corrected chi connectivity index (χ1v) is 7.19. The van der Waals surface area contributed by atoms with Gasteiger partial charge in [-0.25, -0.2) is 4.98 Å². The van der Waals surface area contributed by atoms with Gasteiger partial charge in [-0.05, 0) is 44.7 Å². The molecule has 100 valence electrons. The lowest BCUT2D eigenvalue weighted by Gasteiger charge is -2.38. The van der Waals surface area contributed by atoms with E-state index in [1.54, 1.807) is 6.20 Å². The third-order valence-electron chi connectivity index (χ3n) is 4.42. The zero-order valence-electron chi connectivity index (χ0n) is 11.3. The Hall–Kier alpha value is -1.60. The van der Waals surface area contributed by atoms with Gasteiger partial charge in [-0.1, -0.05) is 0 Å². The van der Waals surface area contributed by atoms with Gasteiger partial charge in [-0.3, -0.25) is 0 Å². The highest BCUT2D eigenvalue weighted by Crippen LogP contribution is 2.32. The topological polar surface area (TPSA) is 52.0 Å². The summed E-state index contributed by atoms with van der Waals surface area (Å²) in [6.07, 6.45) is 6.81. The molecular weight excluding hydrogens is 236 g/mol. The van der Waals surface area contributed by atoms with E-state index in [1.807, 2.05) is 12.1 Å². The van der Waals surface area contributed by atoms with Crippen molar-refractivity contribution in [2.24, 2.45) is 0 Å². The Labute approximate surface area is 114 Å². The molecule has 4 nitrogen and oxygen atoms in total. The van der Waals surface area contributed by atoms with Crippen LogP contribution in [0.15, 0.2) is 18.3 Å². The summed E-state index contributed by atoms with van der Waals surface area (Å²) in [4.78, 5) is 6.50. The molecule has 2 saturated heterocycles. The minimum Gasteiger partial charge on any atom is -0.369 e. The zero-order chi connectivity index (χ0) is 13.2. The zero-order valence-corrected chi connectivity index (χ0v) is 11.3. The fourth-order valence-electron chi connectivity index (χ4n) is 3.59. The average molecular weight is 256 g/mol. The Kier molecular flexibility index (Phi) is 3.39. The van der Waals surface area contributed by atoms with E-state index in [2.05, 4.69) is 28.2 Å². The van der Waals surface area contributed by atoms with Crippen molar-refractivity contribution < 1.29 is 0 Å². The molecule has 4 heteroatoms. The second kappa shape index (κ2) is 5.18. The lowest BCUT2D eigenvalue weighted by atomic mass is 9.97. The fourth-order valence-corrected chi connectivity index (χ4v) is 3.59. The maximum Gasteiger partial charge on any atom is 0.142 e. The van der Waals surface area contributed by atoms with Crippen molar-refractivity contribution in [1.29, 1.82) is 5.26 Å². The molecule has 0 aromatic carbocycles. The maximum absolute atomic E-state index is 8.98. The van der Waals surface area contributed by atoms with Crippen LogP contribution in [0.25, 0.3) is 0 Å². The van der Waals surface area contributed by atoms with Crippen LogP contribution in [0, 0.1) is 11.3 Å². The van der Waals surface area contributed by atoms with Crippen LogP contribution in [0.2, 0.25) is 0 Å². The quantitative estimate of drug-likeness (QED) is 0.899. The van der Waals surface area contributed by atoms with Crippen molar-refractivity contribution in [3.63, 3.8) is 0 Å². The van der Waals surface area contributed by atoms with Crippen LogP contribution in [0.1, 0.15) is 38.3 Å². The van der Waals surface area contributed by atoms with Crippen molar-refractivity contribution >= 4 is 5.69 Å². The van der Waals surface area contributed by atoms with Gasteiger partial charge in [0.2, 0.25) is 0 Å². The highest BCUT2D eigenvalue weighted by atomic mass is 15.2. The number of hydrogen-bond donors (Lipinski definition) is 1. The molecule has 19 heavy (non-hydrogen) atoms. The Morgan fingerprint density at radius 2 is 2.16 bits per heavy atom. The molecule has 2 aliphatic heterocycles. The Morgan fingerprint density at radius 1 is 1.42 bits per heavy atom. The second-order valence-corrected chi connectivity index (χ2v) is 5.56. The number of nitrogens with one attached hydrogen (secondary N) is 1. The predicted molar refractivity (Wildman–Crippen MR) is 74.9 cm³/mol. The van der Waals surface area contributed by atoms with E-state index in [1.165, 1.54) is 25.7 Å². The van der Waals surface area contributed by atoms with Crippen molar-refractivity contribution in [2.75, 3.05) is 11.4 Å². The minimum absolute atomic E-state index is 0.507. The number of aromatic nitrogens is 1. The van der Waals surface area contributed by atoms with Gasteiger partial charge in [0, 0.05) is 36.6 Å². The largest absolute Gasteiger partial charge is 0.369 e. The lowest BCUT2D eigenvalue weighted by molar-refractivity contribution is 0.349. The Morgan fingerprint density at radius 3 is 2.79 bits per heavy atom. The molecule has 0 saturated carbocycles. The summed E-state index contributed by atoms with van der Waals surface area (Å²) in [6.45, 7) is 3.18. The molecule has 1 aromatic heterocycles. The van der Waals surface area contributed by atoms with E-state index in [0.29, 0.717) is 23.8 Å². The monoisotopic (exact) mass is 256 g/mol. The summed E-state index contributed by atoms with van der Waals surface area (Å²) in [5.74, 6) is 0. The average Bonchev–Trinajstić information content (AvgIpc) is 2.79. The van der Waals surface area contributed by atoms with E-state index in [9.17, 15) is 0 Å². The van der Waals surface area contributed by atoms with Crippen LogP contribution in [0.5, 0.6) is 0 Å². The van der Waals surface area contributed by atoms with Crippen LogP contribution in [0.4, 0.5) is 5.69 Å². The van der Waals surface area contributed by atoms with Gasteiger partial charge < -0.3 is 10.2 Å². The van der Waals surface area contributed by atoms with Gasteiger partial charge in [0.25, 0.3) is 0 Å². The van der Waals surface area contributed by atoms with Crippen LogP contribution >= 0.6 is 0 Å². The summed E-state index contributed by atoms with van der Waals surface area (Å²) >= 11 is 0. The van der Waals surface area contributed by atoms with Crippen molar-refractivity contribution in [2.45, 2.75) is 50.7 Å². The molecule has 2 bridgehead atoms. The highest BCUT2D eigenvalue weighted by Gasteiger charge is 2.35. The molecule has 2 atom stereocenters. The SMILES string of the molecule is CCN(c1ccnc(C#N)c1)C1CC2CCC(C1)N2. The van der Waals surface area contributed by atoms with E-state index in [4.69, 9.17) is 5.26 Å². The lowest BCUT2D eigenvalue weighted by Crippen LogP contribution is -2.48. The first-order valence-electron chi connectivity index (χ1n) is 7.19. The highest BCUT2D eigenvalue weighted by molar-refractivity contribution is 5.49. The van der Waals surface area contributed by atoms with Gasteiger partial charge >= 0.3 is 0 Å². The van der Waals surface area contributed by atoms with Crippen LogP contribution in [-0.2, 0) is 0 Å². The van der Waals surface area contributed by atoms with Gasteiger partial charge in [0.15, 0.2) is 0 Å². The number of piperidine rings is 1. The van der Waals surface area contributed by atoms with Gasteiger partial charge in [-0.15, -0.1) is 0 Å². The number of anilines is 1. The van der Waals surface area contributed by atoms with E-state index < -0.39 is 0 Å². The van der Waals surface area contributed by atoms with Crippen LogP contribution in [-0.4, -0.2) is 29.7 Å². The third-order valence-corrected chi connectivity index (χ3v) is 4.42. The first-order chi connectivity index (χ1) is 9.30. The number of fused-ring (bicyclic) bond motifs is 2. The summed E-state index contributed by atoms with van der Waals surface area (Å²) in [7, 11) is 0. The molecule has 3 rings (SSSR count). The number of nitriles is 1. The summed E-state index contributed by atoms with van der Waals surface area (Å²) in [5.41, 5.74) is 1.65. The number of rotatable bonds is 3. The molecule has 2 unspecified atom stereocenters. The fraction of sp³-hybridized carbons (Fsp3) is 0.600. The summed E-state index contributed by atoms with van der Waals surface area (Å²) in [5, 5.41) is 12.7. The van der Waals surface area contributed by atoms with Crippen molar-refractivity contribution in [1.82, 2.24) is 10.3 Å². The standard InChI is InChI=1S/C15H20N4/c1-2-19(14-5-6-17-13(9-14)10-16)15-7-11-3-4-12(8-15)18-11/h5-6,9,11-12,15,18H,2-4,7-8H2,1H3. The molecule has 1 N–H and O–H groups in total. The summed E-state index contributed by atoms with van der Waals surface area (Å²) in [6, 6.07) is 8.04. The van der Waals surface area contributed by atoms with Gasteiger partial charge in [0.05, 0.1) is 0 Å². The molecular formula is C15H20N4. The minimum atomic E-state index is 0.507. The molecule has 2 fully saturated rings. The molecule has 0 aliphatic carbocycles. The summed E-state index contributed by atoms with van der Waals surface area (Å²) < 4.78 is 0. The van der Waals surface area contributed by atoms with Crippen molar-refractivity contribution in [3.8, 4) is 6.07 Å². The first kappa shape index (κ1) is 12.4. The smallest absolute Gasteiger partial charge is 0.142 e. The van der Waals surface area contributed by atoms with Crippen molar-refractivity contribution in [3.05, 3.63) is 24.0 Å². The third kappa shape index (κ3) is 2.43. The molecule has 1 aromatic rings. The molecule has 0 amide bonds. The number of pyridine rings is 1. The molecule has 0 spiro atoms. The molecule has 0 radical (unpaired) electrons. The van der Waals surface area contributed by atoms with Crippen LogP contribution in [0.3, 0.4) is 0 Å². The second-order valence-electron chi connectivity index (χ2n) is 5.56. The van der Waals surface area contributed by atoms with E-state index in [0.717, 1.165) is 12.2 Å². The van der Waals surface area contributed by atoms with Gasteiger partial charge in [-0.2, -0.15) is 5.26 Å².